The highest BCUT2D eigenvalue weighted by Crippen LogP contribution is 2.45. The molecular weight excluding hydrogens is 1170 g/mol. The molecule has 0 fully saturated rings. The largest absolute Gasteiger partial charge is 0.472 e. The van der Waals surface area contributed by atoms with Gasteiger partial charge in [-0.15, -0.1) is 0 Å². The summed E-state index contributed by atoms with van der Waals surface area (Å²) >= 11 is 0. The minimum atomic E-state index is -4.95. The lowest BCUT2D eigenvalue weighted by Crippen LogP contribution is -2.30. The number of aliphatic hydroxyl groups is 1. The fraction of sp³-hybridized carbons (Fsp3) is 0.943. The lowest BCUT2D eigenvalue weighted by molar-refractivity contribution is -0.161. The summed E-state index contributed by atoms with van der Waals surface area (Å²) in [6.45, 7) is 14.0. The van der Waals surface area contributed by atoms with E-state index in [4.69, 9.17) is 37.0 Å². The Kier molecular flexibility index (Phi) is 58.5. The van der Waals surface area contributed by atoms with E-state index in [1.165, 1.54) is 141 Å². The van der Waals surface area contributed by atoms with E-state index < -0.39 is 97.5 Å². The fourth-order valence-electron chi connectivity index (χ4n) is 10.5. The Hall–Kier alpha value is -1.94. The first kappa shape index (κ1) is 87.1. The molecule has 17 nitrogen and oxygen atoms in total. The van der Waals surface area contributed by atoms with Crippen molar-refractivity contribution >= 4 is 39.5 Å². The van der Waals surface area contributed by atoms with Crippen LogP contribution in [-0.2, 0) is 65.4 Å². The van der Waals surface area contributed by atoms with Crippen LogP contribution < -0.4 is 0 Å². The molecule has 0 radical (unpaired) electrons. The van der Waals surface area contributed by atoms with Crippen molar-refractivity contribution in [1.29, 1.82) is 0 Å². The van der Waals surface area contributed by atoms with Gasteiger partial charge in [-0.2, -0.15) is 0 Å². The Labute approximate surface area is 543 Å². The number of hydrogen-bond donors (Lipinski definition) is 3. The second-order valence-electron chi connectivity index (χ2n) is 27.2. The number of carbonyl (C=O) groups excluding carboxylic acids is 4. The van der Waals surface area contributed by atoms with Gasteiger partial charge in [0.2, 0.25) is 0 Å². The van der Waals surface area contributed by atoms with Gasteiger partial charge in [0.15, 0.2) is 12.2 Å². The molecule has 0 saturated carbocycles. The predicted molar refractivity (Wildman–Crippen MR) is 358 cm³/mol. The SMILES string of the molecule is CC(C)CCCCCCCCCCCCCCCC(=O)O[C@H](COC(=O)CCCCCCCCCCCCCCC(C)C)COP(=O)(O)OC[C@@H](O)COP(=O)(O)OC[C@@H](COC(=O)CCCCCCCCC(C)C)OC(=O)CCCCCCCCC(C)C. The van der Waals surface area contributed by atoms with Gasteiger partial charge in [-0.3, -0.25) is 37.3 Å². The predicted octanol–water partition coefficient (Wildman–Crippen LogP) is 19.7. The summed E-state index contributed by atoms with van der Waals surface area (Å²) in [6, 6.07) is 0. The molecule has 19 heteroatoms. The van der Waals surface area contributed by atoms with Crippen LogP contribution in [0.5, 0.6) is 0 Å². The van der Waals surface area contributed by atoms with E-state index >= 15 is 0 Å². The first-order valence-corrected chi connectivity index (χ1v) is 39.2. The van der Waals surface area contributed by atoms with Crippen molar-refractivity contribution in [3.05, 3.63) is 0 Å². The Morgan fingerprint density at radius 2 is 0.472 bits per heavy atom. The third kappa shape index (κ3) is 64.6. The molecule has 5 atom stereocenters. The minimum absolute atomic E-state index is 0.101. The van der Waals surface area contributed by atoms with Crippen molar-refractivity contribution in [2.75, 3.05) is 39.6 Å². The van der Waals surface area contributed by atoms with Gasteiger partial charge < -0.3 is 33.8 Å². The molecule has 0 bridgehead atoms. The molecule has 0 aliphatic rings. The van der Waals surface area contributed by atoms with Crippen LogP contribution in [0, 0.1) is 23.7 Å². The normalized spacial score (nSPS) is 14.3. The number of phosphoric acid groups is 2. The van der Waals surface area contributed by atoms with Crippen LogP contribution in [0.15, 0.2) is 0 Å². The summed E-state index contributed by atoms with van der Waals surface area (Å²) in [6.07, 6.45) is 42.0. The van der Waals surface area contributed by atoms with E-state index in [0.29, 0.717) is 37.5 Å². The Bertz CT molecular complexity index is 1760. The Morgan fingerprint density at radius 3 is 0.697 bits per heavy atom. The van der Waals surface area contributed by atoms with Gasteiger partial charge in [-0.05, 0) is 49.4 Å². The van der Waals surface area contributed by atoms with Crippen molar-refractivity contribution in [2.45, 2.75) is 363 Å². The molecule has 0 aliphatic heterocycles. The van der Waals surface area contributed by atoms with Crippen molar-refractivity contribution in [2.24, 2.45) is 23.7 Å². The molecule has 0 spiro atoms. The van der Waals surface area contributed by atoms with Gasteiger partial charge in [-0.1, -0.05) is 293 Å². The van der Waals surface area contributed by atoms with Crippen LogP contribution in [0.1, 0.15) is 344 Å². The number of esters is 4. The highest BCUT2D eigenvalue weighted by atomic mass is 31.2. The van der Waals surface area contributed by atoms with Gasteiger partial charge in [0, 0.05) is 25.7 Å². The third-order valence-electron chi connectivity index (χ3n) is 16.1. The fourth-order valence-corrected chi connectivity index (χ4v) is 12.1. The van der Waals surface area contributed by atoms with E-state index in [-0.39, 0.29) is 25.7 Å². The van der Waals surface area contributed by atoms with E-state index in [1.807, 2.05) is 0 Å². The zero-order valence-electron chi connectivity index (χ0n) is 58.1. The molecule has 528 valence electrons. The number of aliphatic hydroxyl groups excluding tert-OH is 1. The van der Waals surface area contributed by atoms with Gasteiger partial charge in [0.1, 0.15) is 19.3 Å². The van der Waals surface area contributed by atoms with Crippen LogP contribution in [0.4, 0.5) is 0 Å². The molecule has 0 saturated heterocycles. The lowest BCUT2D eigenvalue weighted by Gasteiger charge is -2.21. The topological polar surface area (TPSA) is 237 Å². The van der Waals surface area contributed by atoms with Gasteiger partial charge in [-0.25, -0.2) is 9.13 Å². The van der Waals surface area contributed by atoms with E-state index in [1.54, 1.807) is 0 Å². The number of phosphoric ester groups is 2. The molecule has 3 N–H and O–H groups in total. The first-order valence-electron chi connectivity index (χ1n) is 36.2. The Morgan fingerprint density at radius 1 is 0.281 bits per heavy atom. The molecular formula is C70H136O17P2. The number of hydrogen-bond acceptors (Lipinski definition) is 15. The van der Waals surface area contributed by atoms with Crippen molar-refractivity contribution in [3.8, 4) is 0 Å². The molecule has 0 aromatic rings. The van der Waals surface area contributed by atoms with Gasteiger partial charge in [0.25, 0.3) is 0 Å². The van der Waals surface area contributed by atoms with Crippen LogP contribution >= 0.6 is 15.6 Å². The van der Waals surface area contributed by atoms with Gasteiger partial charge in [0.05, 0.1) is 26.4 Å². The first-order chi connectivity index (χ1) is 42.6. The number of carbonyl (C=O) groups is 4. The maximum absolute atomic E-state index is 13.0. The van der Waals surface area contributed by atoms with E-state index in [0.717, 1.165) is 108 Å². The molecule has 0 aliphatic carbocycles. The second-order valence-corrected chi connectivity index (χ2v) is 30.1. The zero-order valence-corrected chi connectivity index (χ0v) is 59.8. The molecule has 0 aromatic heterocycles. The Balaban J connectivity index is 5.23. The average molecular weight is 1310 g/mol. The number of rotatable bonds is 67. The summed E-state index contributed by atoms with van der Waals surface area (Å²) in [4.78, 5) is 72.4. The van der Waals surface area contributed by atoms with Crippen LogP contribution in [0.25, 0.3) is 0 Å². The van der Waals surface area contributed by atoms with Crippen LogP contribution in [-0.4, -0.2) is 96.7 Å². The molecule has 0 aromatic carbocycles. The number of ether oxygens (including phenoxy) is 4. The maximum Gasteiger partial charge on any atom is 0.472 e. The maximum atomic E-state index is 13.0. The lowest BCUT2D eigenvalue weighted by atomic mass is 10.0. The smallest absolute Gasteiger partial charge is 0.462 e. The third-order valence-corrected chi connectivity index (χ3v) is 18.0. The standard InChI is InChI=1S/C70H136O17P2/c1-60(2)46-38-30-22-18-14-10-9-11-17-21-25-36-44-52-69(74)86-65(56-80-67(72)50-42-34-24-20-16-13-12-15-19-23-31-39-47-61(3)4)58-84-88(76,77)82-54-64(71)55-83-89(78,79)85-59-66(87-70(75)53-45-37-29-27-33-41-49-63(7)8)57-81-68(73)51-43-35-28-26-32-40-48-62(5)6/h60-66,71H,9-59H2,1-8H3,(H,76,77)(H,78,79)/t64-,65-,66-/m1/s1. The van der Waals surface area contributed by atoms with Crippen LogP contribution in [0.3, 0.4) is 0 Å². The van der Waals surface area contributed by atoms with Crippen molar-refractivity contribution < 1.29 is 80.2 Å². The summed E-state index contributed by atoms with van der Waals surface area (Å²) in [7, 11) is -9.90. The monoisotopic (exact) mass is 1310 g/mol. The zero-order chi connectivity index (χ0) is 66.1. The number of unbranched alkanes of at least 4 members (excludes halogenated alkanes) is 33. The quantitative estimate of drug-likeness (QED) is 0.0222. The van der Waals surface area contributed by atoms with Crippen molar-refractivity contribution in [1.82, 2.24) is 0 Å². The average Bonchev–Trinajstić information content (AvgIpc) is 3.70. The molecule has 0 rings (SSSR count). The van der Waals surface area contributed by atoms with E-state index in [2.05, 4.69) is 55.4 Å². The molecule has 2 unspecified atom stereocenters. The summed E-state index contributed by atoms with van der Waals surface area (Å²) < 4.78 is 68.2. The van der Waals surface area contributed by atoms with Crippen LogP contribution in [0.2, 0.25) is 0 Å². The molecule has 0 amide bonds. The summed E-state index contributed by atoms with van der Waals surface area (Å²) in [5, 5.41) is 10.6. The highest BCUT2D eigenvalue weighted by Gasteiger charge is 2.30. The molecule has 0 heterocycles. The van der Waals surface area contributed by atoms with Crippen molar-refractivity contribution in [3.63, 3.8) is 0 Å². The summed E-state index contributed by atoms with van der Waals surface area (Å²) in [5.74, 6) is 0.782. The second kappa shape index (κ2) is 59.8. The van der Waals surface area contributed by atoms with Gasteiger partial charge >= 0.3 is 39.5 Å². The highest BCUT2D eigenvalue weighted by molar-refractivity contribution is 7.47. The van der Waals surface area contributed by atoms with E-state index in [9.17, 15) is 43.2 Å². The summed E-state index contributed by atoms with van der Waals surface area (Å²) in [5.41, 5.74) is 0. The minimum Gasteiger partial charge on any atom is -0.462 e. The molecule has 89 heavy (non-hydrogen) atoms.